The zero-order chi connectivity index (χ0) is 21.7. The first kappa shape index (κ1) is 22.6. The van der Waals surface area contributed by atoms with Crippen LogP contribution in [0.15, 0.2) is 47.4 Å². The van der Waals surface area contributed by atoms with Crippen molar-refractivity contribution in [2.75, 3.05) is 37.3 Å². The quantitative estimate of drug-likeness (QED) is 0.631. The van der Waals surface area contributed by atoms with Gasteiger partial charge in [0.15, 0.2) is 0 Å². The number of nitrogens with zero attached hydrogens (tertiary/aromatic N) is 1. The maximum Gasteiger partial charge on any atom is 0.264 e. The van der Waals surface area contributed by atoms with Crippen molar-refractivity contribution < 1.29 is 22.6 Å². The van der Waals surface area contributed by atoms with Crippen molar-refractivity contribution in [3.8, 4) is 5.75 Å². The lowest BCUT2D eigenvalue weighted by molar-refractivity contribution is -0.101. The third-order valence-corrected chi connectivity index (χ3v) is 6.68. The fourth-order valence-electron chi connectivity index (χ4n) is 3.40. The maximum atomic E-state index is 13.5. The standard InChI is InChI=1S/C23H31NO5S/c1-17(2)14-24(23-10-5-18(3)13-19(23)4)30(25,26)22-8-6-20(7-9-22)29-16-21-15-27-11-12-28-21/h5-10,13,17,21H,11-12,14-16H2,1-4H3. The van der Waals surface area contributed by atoms with Gasteiger partial charge in [0.25, 0.3) is 10.0 Å². The summed E-state index contributed by atoms with van der Waals surface area (Å²) in [6, 6.07) is 12.4. The predicted octanol–water partition coefficient (Wildman–Crippen LogP) is 3.95. The minimum absolute atomic E-state index is 0.104. The van der Waals surface area contributed by atoms with Gasteiger partial charge >= 0.3 is 0 Å². The fraction of sp³-hybridized carbons (Fsp3) is 0.478. The van der Waals surface area contributed by atoms with Crippen LogP contribution in [0.4, 0.5) is 5.69 Å². The molecule has 0 amide bonds. The summed E-state index contributed by atoms with van der Waals surface area (Å²) < 4.78 is 45.1. The largest absolute Gasteiger partial charge is 0.491 e. The van der Waals surface area contributed by atoms with Crippen LogP contribution in [0.1, 0.15) is 25.0 Å². The highest BCUT2D eigenvalue weighted by atomic mass is 32.2. The lowest BCUT2D eigenvalue weighted by Crippen LogP contribution is -2.35. The summed E-state index contributed by atoms with van der Waals surface area (Å²) in [5.74, 6) is 0.783. The molecule has 0 aliphatic carbocycles. The Kier molecular flexibility index (Phi) is 7.39. The molecule has 1 aliphatic heterocycles. The Labute approximate surface area is 179 Å². The first-order chi connectivity index (χ1) is 14.3. The van der Waals surface area contributed by atoms with Crippen molar-refractivity contribution >= 4 is 15.7 Å². The molecule has 1 heterocycles. The van der Waals surface area contributed by atoms with Gasteiger partial charge in [-0.3, -0.25) is 4.31 Å². The molecule has 2 aromatic rings. The van der Waals surface area contributed by atoms with Crippen LogP contribution in [0.3, 0.4) is 0 Å². The monoisotopic (exact) mass is 433 g/mol. The molecule has 7 heteroatoms. The van der Waals surface area contributed by atoms with E-state index in [2.05, 4.69) is 0 Å². The molecule has 1 unspecified atom stereocenters. The third-order valence-electron chi connectivity index (χ3n) is 4.88. The Hall–Kier alpha value is -2.09. The van der Waals surface area contributed by atoms with Crippen LogP contribution in [0, 0.1) is 19.8 Å². The maximum absolute atomic E-state index is 13.5. The van der Waals surface area contributed by atoms with Crippen LogP contribution in [0.5, 0.6) is 5.75 Å². The minimum Gasteiger partial charge on any atom is -0.491 e. The zero-order valence-electron chi connectivity index (χ0n) is 18.1. The second-order valence-electron chi connectivity index (χ2n) is 8.07. The van der Waals surface area contributed by atoms with E-state index in [4.69, 9.17) is 14.2 Å². The average molecular weight is 434 g/mol. The van der Waals surface area contributed by atoms with Crippen molar-refractivity contribution in [3.05, 3.63) is 53.6 Å². The van der Waals surface area contributed by atoms with E-state index in [1.807, 2.05) is 45.9 Å². The van der Waals surface area contributed by atoms with Crippen LogP contribution in [-0.2, 0) is 19.5 Å². The van der Waals surface area contributed by atoms with E-state index in [1.54, 1.807) is 24.3 Å². The van der Waals surface area contributed by atoms with Crippen molar-refractivity contribution in [2.24, 2.45) is 5.92 Å². The molecule has 0 saturated carbocycles. The van der Waals surface area contributed by atoms with Crippen LogP contribution >= 0.6 is 0 Å². The molecule has 0 aromatic heterocycles. The molecule has 3 rings (SSSR count). The molecule has 0 radical (unpaired) electrons. The van der Waals surface area contributed by atoms with Crippen LogP contribution < -0.4 is 9.04 Å². The van der Waals surface area contributed by atoms with Crippen LogP contribution in [-0.4, -0.2) is 47.5 Å². The number of ether oxygens (including phenoxy) is 3. The van der Waals surface area contributed by atoms with Gasteiger partial charge < -0.3 is 14.2 Å². The SMILES string of the molecule is Cc1ccc(N(CC(C)C)S(=O)(=O)c2ccc(OCC3COCCO3)cc2)c(C)c1. The number of hydrogen-bond acceptors (Lipinski definition) is 5. The second-order valence-corrected chi connectivity index (χ2v) is 9.93. The molecule has 6 nitrogen and oxygen atoms in total. The summed E-state index contributed by atoms with van der Waals surface area (Å²) in [5, 5.41) is 0. The highest BCUT2D eigenvalue weighted by Gasteiger charge is 2.27. The molecular weight excluding hydrogens is 402 g/mol. The minimum atomic E-state index is -3.70. The van der Waals surface area contributed by atoms with Gasteiger partial charge in [-0.15, -0.1) is 0 Å². The Morgan fingerprint density at radius 3 is 2.43 bits per heavy atom. The molecule has 1 saturated heterocycles. The fourth-order valence-corrected chi connectivity index (χ4v) is 5.09. The average Bonchev–Trinajstić information content (AvgIpc) is 2.72. The predicted molar refractivity (Wildman–Crippen MR) is 118 cm³/mol. The van der Waals surface area contributed by atoms with Gasteiger partial charge in [0.1, 0.15) is 18.5 Å². The summed E-state index contributed by atoms with van der Waals surface area (Å²) in [4.78, 5) is 0.243. The van der Waals surface area contributed by atoms with Gasteiger partial charge in [-0.05, 0) is 55.7 Å². The van der Waals surface area contributed by atoms with E-state index in [-0.39, 0.29) is 16.9 Å². The third kappa shape index (κ3) is 5.53. The first-order valence-electron chi connectivity index (χ1n) is 10.3. The lowest BCUT2D eigenvalue weighted by atomic mass is 10.1. The Balaban J connectivity index is 1.80. The molecule has 30 heavy (non-hydrogen) atoms. The Morgan fingerprint density at radius 1 is 1.10 bits per heavy atom. The molecule has 0 bridgehead atoms. The zero-order valence-corrected chi connectivity index (χ0v) is 18.9. The van der Waals surface area contributed by atoms with E-state index >= 15 is 0 Å². The summed E-state index contributed by atoms with van der Waals surface area (Å²) in [7, 11) is -3.70. The first-order valence-corrected chi connectivity index (χ1v) is 11.7. The van der Waals surface area contributed by atoms with Gasteiger partial charge in [0.2, 0.25) is 0 Å². The van der Waals surface area contributed by atoms with Crippen molar-refractivity contribution in [1.82, 2.24) is 0 Å². The van der Waals surface area contributed by atoms with Crippen LogP contribution in [0.25, 0.3) is 0 Å². The summed E-state index contributed by atoms with van der Waals surface area (Å²) in [5.41, 5.74) is 2.75. The van der Waals surface area contributed by atoms with Crippen molar-refractivity contribution in [3.63, 3.8) is 0 Å². The molecule has 1 fully saturated rings. The normalized spacial score (nSPS) is 17.2. The smallest absolute Gasteiger partial charge is 0.264 e. The highest BCUT2D eigenvalue weighted by Crippen LogP contribution is 2.29. The van der Waals surface area contributed by atoms with Crippen LogP contribution in [0.2, 0.25) is 0 Å². The van der Waals surface area contributed by atoms with Gasteiger partial charge in [-0.25, -0.2) is 8.42 Å². The van der Waals surface area contributed by atoms with Crippen molar-refractivity contribution in [2.45, 2.75) is 38.7 Å². The number of benzene rings is 2. The summed E-state index contributed by atoms with van der Waals surface area (Å²) in [6.07, 6.45) is -0.104. The summed E-state index contributed by atoms with van der Waals surface area (Å²) in [6.45, 7) is 10.4. The second kappa shape index (κ2) is 9.81. The molecule has 1 aliphatic rings. The highest BCUT2D eigenvalue weighted by molar-refractivity contribution is 7.92. The van der Waals surface area contributed by atoms with Gasteiger partial charge in [-0.1, -0.05) is 31.5 Å². The van der Waals surface area contributed by atoms with Gasteiger partial charge in [-0.2, -0.15) is 0 Å². The Morgan fingerprint density at radius 2 is 1.83 bits per heavy atom. The molecule has 164 valence electrons. The molecular formula is C23H31NO5S. The number of hydrogen-bond donors (Lipinski definition) is 0. The van der Waals surface area contributed by atoms with E-state index in [9.17, 15) is 8.42 Å². The van der Waals surface area contributed by atoms with Gasteiger partial charge in [0, 0.05) is 6.54 Å². The molecule has 1 atom stereocenters. The number of anilines is 1. The van der Waals surface area contributed by atoms with E-state index in [1.165, 1.54) is 4.31 Å². The van der Waals surface area contributed by atoms with Gasteiger partial charge in [0.05, 0.1) is 30.4 Å². The molecule has 2 aromatic carbocycles. The van der Waals surface area contributed by atoms with E-state index in [0.29, 0.717) is 44.4 Å². The topological polar surface area (TPSA) is 65.1 Å². The Bertz CT molecular complexity index is 935. The van der Waals surface area contributed by atoms with E-state index < -0.39 is 10.0 Å². The summed E-state index contributed by atoms with van der Waals surface area (Å²) >= 11 is 0. The lowest BCUT2D eigenvalue weighted by Gasteiger charge is -2.28. The van der Waals surface area contributed by atoms with Crippen molar-refractivity contribution in [1.29, 1.82) is 0 Å². The molecule has 0 spiro atoms. The molecule has 0 N–H and O–H groups in total. The van der Waals surface area contributed by atoms with E-state index in [0.717, 1.165) is 11.1 Å². The number of rotatable bonds is 8. The number of sulfonamides is 1. The number of aryl methyl sites for hydroxylation is 2.